The molecule has 0 aromatic rings. The zero-order valence-electron chi connectivity index (χ0n) is 13.3. The fraction of sp³-hybridized carbons (Fsp3) is 0.824. The Morgan fingerprint density at radius 2 is 1.95 bits per heavy atom. The largest absolute Gasteiger partial charge is 0.317 e. The van der Waals surface area contributed by atoms with Gasteiger partial charge in [-0.25, -0.2) is 0 Å². The van der Waals surface area contributed by atoms with E-state index in [1.807, 2.05) is 0 Å². The van der Waals surface area contributed by atoms with Gasteiger partial charge in [0.2, 0.25) is 5.91 Å². The molecule has 4 nitrogen and oxygen atoms in total. The van der Waals surface area contributed by atoms with Gasteiger partial charge in [-0.15, -0.1) is 0 Å². The average Bonchev–Trinajstić information content (AvgIpc) is 3.34. The summed E-state index contributed by atoms with van der Waals surface area (Å²) in [5.41, 5.74) is 1.31. The van der Waals surface area contributed by atoms with Crippen molar-refractivity contribution >= 4 is 5.91 Å². The Balaban J connectivity index is 1.60. The molecule has 0 spiro atoms. The molecular weight excluding hydrogens is 262 g/mol. The van der Waals surface area contributed by atoms with Crippen LogP contribution >= 0.6 is 0 Å². The van der Waals surface area contributed by atoms with E-state index in [0.29, 0.717) is 24.5 Å². The number of rotatable bonds is 5. The monoisotopic (exact) mass is 291 g/mol. The van der Waals surface area contributed by atoms with Crippen molar-refractivity contribution in [2.45, 2.75) is 63.5 Å². The quantitative estimate of drug-likeness (QED) is 0.843. The van der Waals surface area contributed by atoms with Crippen molar-refractivity contribution in [1.82, 2.24) is 15.1 Å². The number of hydrogen-bond acceptors (Lipinski definition) is 3. The van der Waals surface area contributed by atoms with Crippen LogP contribution in [0.2, 0.25) is 0 Å². The van der Waals surface area contributed by atoms with Gasteiger partial charge in [0.1, 0.15) is 0 Å². The van der Waals surface area contributed by atoms with Crippen LogP contribution in [0.3, 0.4) is 0 Å². The van der Waals surface area contributed by atoms with Crippen LogP contribution in [-0.4, -0.2) is 54.5 Å². The maximum Gasteiger partial charge on any atom is 0.241 e. The lowest BCUT2D eigenvalue weighted by atomic mass is 10.0. The lowest BCUT2D eigenvalue weighted by Gasteiger charge is -2.34. The van der Waals surface area contributed by atoms with Gasteiger partial charge in [-0.1, -0.05) is 6.08 Å². The van der Waals surface area contributed by atoms with Crippen LogP contribution in [-0.2, 0) is 4.79 Å². The van der Waals surface area contributed by atoms with Crippen LogP contribution in [0.4, 0.5) is 0 Å². The highest BCUT2D eigenvalue weighted by Crippen LogP contribution is 2.33. The van der Waals surface area contributed by atoms with E-state index in [2.05, 4.69) is 28.2 Å². The Morgan fingerprint density at radius 3 is 2.57 bits per heavy atom. The van der Waals surface area contributed by atoms with Crippen molar-refractivity contribution < 1.29 is 4.79 Å². The summed E-state index contributed by atoms with van der Waals surface area (Å²) in [6.07, 6.45) is 11.8. The summed E-state index contributed by atoms with van der Waals surface area (Å²) in [5, 5.41) is 3.39. The van der Waals surface area contributed by atoms with Crippen molar-refractivity contribution in [3.8, 4) is 0 Å². The van der Waals surface area contributed by atoms with Crippen LogP contribution in [0.1, 0.15) is 51.4 Å². The smallest absolute Gasteiger partial charge is 0.241 e. The van der Waals surface area contributed by atoms with Gasteiger partial charge in [-0.3, -0.25) is 9.69 Å². The van der Waals surface area contributed by atoms with Crippen molar-refractivity contribution in [3.63, 3.8) is 0 Å². The number of likely N-dealkylation sites (N-methyl/N-ethyl adjacent to an activating group) is 1. The second kappa shape index (κ2) is 6.93. The number of nitrogens with one attached hydrogen (secondary N) is 1. The number of allylic oxidation sites excluding steroid dienone is 2. The van der Waals surface area contributed by atoms with Crippen LogP contribution in [0, 0.1) is 0 Å². The Hall–Kier alpha value is -0.870. The Labute approximate surface area is 128 Å². The van der Waals surface area contributed by atoms with E-state index >= 15 is 0 Å². The lowest BCUT2D eigenvalue weighted by Crippen LogP contribution is -2.46. The van der Waals surface area contributed by atoms with Gasteiger partial charge in [0.25, 0.3) is 0 Å². The molecule has 1 aliphatic heterocycles. The predicted octanol–water partition coefficient (Wildman–Crippen LogP) is 2.12. The number of hydrogen-bond donors (Lipinski definition) is 1. The molecule has 3 aliphatic rings. The summed E-state index contributed by atoms with van der Waals surface area (Å²) in [7, 11) is 2.12. The van der Waals surface area contributed by atoms with E-state index in [4.69, 9.17) is 0 Å². The summed E-state index contributed by atoms with van der Waals surface area (Å²) in [6.45, 7) is 2.75. The van der Waals surface area contributed by atoms with E-state index < -0.39 is 0 Å². The first-order valence-electron chi connectivity index (χ1n) is 8.68. The first kappa shape index (κ1) is 15.0. The molecule has 1 heterocycles. The maximum atomic E-state index is 12.8. The first-order chi connectivity index (χ1) is 10.3. The molecule has 1 amide bonds. The third-order valence-electron chi connectivity index (χ3n) is 5.07. The highest BCUT2D eigenvalue weighted by molar-refractivity contribution is 5.80. The van der Waals surface area contributed by atoms with E-state index in [1.165, 1.54) is 31.4 Å². The standard InChI is InChI=1S/C17H29N3O/c1-19(14-9-11-18-12-10-14)13-17(21)20(16-7-8-16)15-5-3-2-4-6-15/h5,14,16,18H,2-4,6-13H2,1H3. The molecule has 0 unspecified atom stereocenters. The molecule has 0 atom stereocenters. The van der Waals surface area contributed by atoms with E-state index in [1.54, 1.807) is 0 Å². The minimum absolute atomic E-state index is 0.326. The van der Waals surface area contributed by atoms with Crippen molar-refractivity contribution in [1.29, 1.82) is 0 Å². The Kier molecular flexibility index (Phi) is 4.96. The first-order valence-corrected chi connectivity index (χ1v) is 8.68. The second-order valence-corrected chi connectivity index (χ2v) is 6.83. The lowest BCUT2D eigenvalue weighted by molar-refractivity contribution is -0.131. The summed E-state index contributed by atoms with van der Waals surface area (Å²) < 4.78 is 0. The maximum absolute atomic E-state index is 12.8. The zero-order valence-corrected chi connectivity index (χ0v) is 13.3. The SMILES string of the molecule is CN(CC(=O)N(C1=CCCCC1)C1CC1)C1CCNCC1. The number of nitrogens with zero attached hydrogens (tertiary/aromatic N) is 2. The molecular formula is C17H29N3O. The van der Waals surface area contributed by atoms with Gasteiger partial charge in [-0.2, -0.15) is 0 Å². The molecule has 1 N–H and O–H groups in total. The highest BCUT2D eigenvalue weighted by Gasteiger charge is 2.35. The fourth-order valence-electron chi connectivity index (χ4n) is 3.64. The number of piperidine rings is 1. The summed E-state index contributed by atoms with van der Waals surface area (Å²) >= 11 is 0. The van der Waals surface area contributed by atoms with E-state index in [-0.39, 0.29) is 0 Å². The number of amides is 1. The molecule has 4 heteroatoms. The molecule has 0 aromatic carbocycles. The van der Waals surface area contributed by atoms with Crippen molar-refractivity contribution in [2.24, 2.45) is 0 Å². The van der Waals surface area contributed by atoms with Gasteiger partial charge in [0.05, 0.1) is 6.54 Å². The summed E-state index contributed by atoms with van der Waals surface area (Å²) in [5.74, 6) is 0.326. The molecule has 118 valence electrons. The van der Waals surface area contributed by atoms with Gasteiger partial charge in [-0.05, 0) is 71.5 Å². The second-order valence-electron chi connectivity index (χ2n) is 6.83. The van der Waals surface area contributed by atoms with Gasteiger partial charge < -0.3 is 10.2 Å². The molecule has 2 aliphatic carbocycles. The Morgan fingerprint density at radius 1 is 1.19 bits per heavy atom. The number of carbonyl (C=O) groups is 1. The van der Waals surface area contributed by atoms with Gasteiger partial charge in [0.15, 0.2) is 0 Å². The summed E-state index contributed by atoms with van der Waals surface area (Å²) in [4.78, 5) is 17.2. The molecule has 1 saturated carbocycles. The molecule has 3 rings (SSSR count). The van der Waals surface area contributed by atoms with Crippen LogP contribution in [0.5, 0.6) is 0 Å². The van der Waals surface area contributed by atoms with Crippen LogP contribution < -0.4 is 5.32 Å². The van der Waals surface area contributed by atoms with Crippen LogP contribution in [0.15, 0.2) is 11.8 Å². The molecule has 0 radical (unpaired) electrons. The highest BCUT2D eigenvalue weighted by atomic mass is 16.2. The van der Waals surface area contributed by atoms with Crippen LogP contribution in [0.25, 0.3) is 0 Å². The molecule has 2 fully saturated rings. The van der Waals surface area contributed by atoms with Gasteiger partial charge >= 0.3 is 0 Å². The normalized spacial score (nSPS) is 24.0. The third kappa shape index (κ3) is 3.86. The Bertz CT molecular complexity index is 397. The predicted molar refractivity (Wildman–Crippen MR) is 84.9 cm³/mol. The van der Waals surface area contributed by atoms with Crippen molar-refractivity contribution in [2.75, 3.05) is 26.7 Å². The minimum atomic E-state index is 0.326. The molecule has 1 saturated heterocycles. The fourth-order valence-corrected chi connectivity index (χ4v) is 3.64. The number of carbonyl (C=O) groups excluding carboxylic acids is 1. The molecule has 0 aromatic heterocycles. The summed E-state index contributed by atoms with van der Waals surface area (Å²) in [6, 6.07) is 1.07. The zero-order chi connectivity index (χ0) is 14.7. The topological polar surface area (TPSA) is 35.6 Å². The van der Waals surface area contributed by atoms with Gasteiger partial charge in [0, 0.05) is 17.8 Å². The minimum Gasteiger partial charge on any atom is -0.317 e. The van der Waals surface area contributed by atoms with E-state index in [9.17, 15) is 4.79 Å². The van der Waals surface area contributed by atoms with E-state index in [0.717, 1.165) is 38.8 Å². The average molecular weight is 291 g/mol. The van der Waals surface area contributed by atoms with Crippen molar-refractivity contribution in [3.05, 3.63) is 11.8 Å². The molecule has 21 heavy (non-hydrogen) atoms. The third-order valence-corrected chi connectivity index (χ3v) is 5.07. The molecule has 0 bridgehead atoms.